The molecule has 26 heavy (non-hydrogen) atoms. The Morgan fingerprint density at radius 2 is 2.00 bits per heavy atom. The van der Waals surface area contributed by atoms with Crippen LogP contribution in [0.25, 0.3) is 22.6 Å². The number of furan rings is 1. The summed E-state index contributed by atoms with van der Waals surface area (Å²) < 4.78 is 12.1. The van der Waals surface area contributed by atoms with Crippen LogP contribution in [0.2, 0.25) is 5.02 Å². The van der Waals surface area contributed by atoms with Gasteiger partial charge in [-0.2, -0.15) is 0 Å². The van der Waals surface area contributed by atoms with Gasteiger partial charge in [-0.1, -0.05) is 40.7 Å². The standard InChI is InChI=1S/C17H14ClN5O2S/c1-10-14(6-7-24-10)16-20-21-17(23(16)19)26-9-13-8-15(22-25-13)11-2-4-12(18)5-3-11/h2-8H,9,19H2,1H3. The fraction of sp³-hybridized carbons (Fsp3) is 0.118. The summed E-state index contributed by atoms with van der Waals surface area (Å²) in [5, 5.41) is 13.6. The van der Waals surface area contributed by atoms with Crippen molar-refractivity contribution < 1.29 is 8.94 Å². The van der Waals surface area contributed by atoms with Crippen molar-refractivity contribution in [2.45, 2.75) is 17.8 Å². The smallest absolute Gasteiger partial charge is 0.210 e. The molecule has 0 unspecified atom stereocenters. The molecule has 0 saturated carbocycles. The van der Waals surface area contributed by atoms with Crippen molar-refractivity contribution in [3.8, 4) is 22.6 Å². The number of nitrogens with two attached hydrogens (primary N) is 1. The molecule has 0 radical (unpaired) electrons. The van der Waals surface area contributed by atoms with Gasteiger partial charge >= 0.3 is 0 Å². The number of benzene rings is 1. The first-order chi connectivity index (χ1) is 12.6. The Bertz CT molecular complexity index is 1040. The summed E-state index contributed by atoms with van der Waals surface area (Å²) in [5.74, 6) is 8.64. The van der Waals surface area contributed by atoms with Gasteiger partial charge in [-0.25, -0.2) is 4.68 Å². The Hall–Kier alpha value is -2.71. The van der Waals surface area contributed by atoms with Crippen molar-refractivity contribution in [2.75, 3.05) is 5.84 Å². The maximum atomic E-state index is 6.11. The summed E-state index contributed by atoms with van der Waals surface area (Å²) in [6, 6.07) is 11.1. The average Bonchev–Trinajstić information content (AvgIpc) is 3.35. The van der Waals surface area contributed by atoms with Gasteiger partial charge in [-0.15, -0.1) is 10.2 Å². The largest absolute Gasteiger partial charge is 0.469 e. The predicted octanol–water partition coefficient (Wildman–Crippen LogP) is 4.16. The zero-order valence-electron chi connectivity index (χ0n) is 13.7. The monoisotopic (exact) mass is 387 g/mol. The average molecular weight is 388 g/mol. The molecule has 9 heteroatoms. The minimum absolute atomic E-state index is 0.528. The lowest BCUT2D eigenvalue weighted by Crippen LogP contribution is -2.11. The molecule has 3 aromatic heterocycles. The van der Waals surface area contributed by atoms with Gasteiger partial charge in [-0.3, -0.25) is 0 Å². The van der Waals surface area contributed by atoms with E-state index in [-0.39, 0.29) is 0 Å². The highest BCUT2D eigenvalue weighted by atomic mass is 35.5. The lowest BCUT2D eigenvalue weighted by atomic mass is 10.1. The molecule has 4 aromatic rings. The number of aryl methyl sites for hydroxylation is 1. The molecule has 0 atom stereocenters. The quantitative estimate of drug-likeness (QED) is 0.405. The Morgan fingerprint density at radius 1 is 1.19 bits per heavy atom. The second-order valence-electron chi connectivity index (χ2n) is 5.54. The van der Waals surface area contributed by atoms with Gasteiger partial charge in [0, 0.05) is 16.7 Å². The van der Waals surface area contributed by atoms with Gasteiger partial charge in [0.2, 0.25) is 5.16 Å². The van der Waals surface area contributed by atoms with Crippen molar-refractivity contribution in [3.63, 3.8) is 0 Å². The normalized spacial score (nSPS) is 11.2. The van der Waals surface area contributed by atoms with Crippen LogP contribution < -0.4 is 5.84 Å². The topological polar surface area (TPSA) is 95.9 Å². The summed E-state index contributed by atoms with van der Waals surface area (Å²) in [5.41, 5.74) is 2.51. The first kappa shape index (κ1) is 16.7. The number of nitrogen functional groups attached to an aromatic ring is 1. The van der Waals surface area contributed by atoms with Crippen LogP contribution in [-0.2, 0) is 5.75 Å². The van der Waals surface area contributed by atoms with Crippen molar-refractivity contribution in [1.29, 1.82) is 0 Å². The number of thioether (sulfide) groups is 1. The van der Waals surface area contributed by atoms with Gasteiger partial charge in [0.1, 0.15) is 17.2 Å². The highest BCUT2D eigenvalue weighted by molar-refractivity contribution is 7.98. The Balaban J connectivity index is 1.48. The molecule has 0 bridgehead atoms. The molecule has 0 aliphatic heterocycles. The molecule has 0 saturated heterocycles. The summed E-state index contributed by atoms with van der Waals surface area (Å²) in [7, 11) is 0. The number of rotatable bonds is 5. The van der Waals surface area contributed by atoms with Crippen LogP contribution >= 0.6 is 23.4 Å². The molecular formula is C17H14ClN5O2S. The second-order valence-corrected chi connectivity index (χ2v) is 6.92. The van der Waals surface area contributed by atoms with Gasteiger partial charge in [0.25, 0.3) is 0 Å². The third-order valence-corrected chi connectivity index (χ3v) is 5.02. The molecule has 1 aromatic carbocycles. The van der Waals surface area contributed by atoms with Crippen LogP contribution in [0.4, 0.5) is 0 Å². The minimum Gasteiger partial charge on any atom is -0.469 e. The van der Waals surface area contributed by atoms with Gasteiger partial charge in [0.15, 0.2) is 5.82 Å². The lowest BCUT2D eigenvalue weighted by molar-refractivity contribution is 0.397. The first-order valence-corrected chi connectivity index (χ1v) is 9.07. The molecule has 0 aliphatic carbocycles. The van der Waals surface area contributed by atoms with E-state index in [1.54, 1.807) is 6.26 Å². The van der Waals surface area contributed by atoms with Crippen LogP contribution in [0, 0.1) is 6.92 Å². The maximum absolute atomic E-state index is 6.11. The molecule has 3 heterocycles. The van der Waals surface area contributed by atoms with E-state index in [0.717, 1.165) is 22.6 Å². The highest BCUT2D eigenvalue weighted by Crippen LogP contribution is 2.28. The van der Waals surface area contributed by atoms with E-state index in [0.29, 0.717) is 27.5 Å². The van der Waals surface area contributed by atoms with Gasteiger partial charge in [0.05, 0.1) is 17.6 Å². The van der Waals surface area contributed by atoms with E-state index in [1.807, 2.05) is 43.3 Å². The highest BCUT2D eigenvalue weighted by Gasteiger charge is 2.16. The third-order valence-electron chi connectivity index (χ3n) is 3.81. The molecule has 0 fully saturated rings. The molecule has 7 nitrogen and oxygen atoms in total. The van der Waals surface area contributed by atoms with E-state index in [1.165, 1.54) is 16.4 Å². The molecular weight excluding hydrogens is 374 g/mol. The predicted molar refractivity (Wildman–Crippen MR) is 99.1 cm³/mol. The molecule has 0 spiro atoms. The summed E-state index contributed by atoms with van der Waals surface area (Å²) in [4.78, 5) is 0. The van der Waals surface area contributed by atoms with Crippen LogP contribution in [0.3, 0.4) is 0 Å². The van der Waals surface area contributed by atoms with Crippen molar-refractivity contribution in [2.24, 2.45) is 0 Å². The maximum Gasteiger partial charge on any atom is 0.210 e. The van der Waals surface area contributed by atoms with Crippen molar-refractivity contribution in [3.05, 3.63) is 59.2 Å². The fourth-order valence-electron chi connectivity index (χ4n) is 2.45. The molecule has 2 N–H and O–H groups in total. The molecule has 4 rings (SSSR count). The van der Waals surface area contributed by atoms with Crippen LogP contribution in [0.1, 0.15) is 11.5 Å². The van der Waals surface area contributed by atoms with Gasteiger partial charge in [-0.05, 0) is 25.1 Å². The van der Waals surface area contributed by atoms with E-state index < -0.39 is 0 Å². The second kappa shape index (κ2) is 6.89. The van der Waals surface area contributed by atoms with E-state index >= 15 is 0 Å². The Kier molecular flexibility index (Phi) is 4.44. The number of hydrogen-bond acceptors (Lipinski definition) is 7. The Morgan fingerprint density at radius 3 is 2.73 bits per heavy atom. The fourth-order valence-corrected chi connectivity index (χ4v) is 3.31. The van der Waals surface area contributed by atoms with E-state index in [2.05, 4.69) is 15.4 Å². The van der Waals surface area contributed by atoms with Crippen molar-refractivity contribution in [1.82, 2.24) is 20.0 Å². The van der Waals surface area contributed by atoms with Crippen LogP contribution in [0.5, 0.6) is 0 Å². The SMILES string of the molecule is Cc1occc1-c1nnc(SCc2cc(-c3ccc(Cl)cc3)no2)n1N. The van der Waals surface area contributed by atoms with E-state index in [4.69, 9.17) is 26.4 Å². The third kappa shape index (κ3) is 3.21. The molecule has 0 amide bonds. The van der Waals surface area contributed by atoms with Crippen LogP contribution in [0.15, 0.2) is 56.8 Å². The first-order valence-electron chi connectivity index (χ1n) is 7.71. The van der Waals surface area contributed by atoms with E-state index in [9.17, 15) is 0 Å². The summed E-state index contributed by atoms with van der Waals surface area (Å²) in [6.07, 6.45) is 1.60. The number of nitrogens with zero attached hydrogens (tertiary/aromatic N) is 4. The van der Waals surface area contributed by atoms with Crippen molar-refractivity contribution >= 4 is 23.4 Å². The zero-order valence-corrected chi connectivity index (χ0v) is 15.3. The summed E-state index contributed by atoms with van der Waals surface area (Å²) in [6.45, 7) is 1.85. The zero-order chi connectivity index (χ0) is 18.1. The number of aromatic nitrogens is 4. The summed E-state index contributed by atoms with van der Waals surface area (Å²) >= 11 is 7.32. The van der Waals surface area contributed by atoms with Gasteiger partial charge < -0.3 is 14.8 Å². The lowest BCUT2D eigenvalue weighted by Gasteiger charge is -2.01. The minimum atomic E-state index is 0.528. The molecule has 132 valence electrons. The Labute approximate surface area is 158 Å². The number of hydrogen-bond donors (Lipinski definition) is 1. The number of halogens is 1. The molecule has 0 aliphatic rings. The van der Waals surface area contributed by atoms with Crippen LogP contribution in [-0.4, -0.2) is 20.0 Å².